The van der Waals surface area contributed by atoms with Crippen LogP contribution in [0.1, 0.15) is 31.4 Å². The number of anilines is 1. The number of nitrogen functional groups attached to an aromatic ring is 1. The lowest BCUT2D eigenvalue weighted by Gasteiger charge is -2.05. The molecule has 0 atom stereocenters. The number of halogens is 1. The molecule has 0 fully saturated rings. The third kappa shape index (κ3) is 2.56. The van der Waals surface area contributed by atoms with Crippen LogP contribution in [0, 0.1) is 11.8 Å². The Morgan fingerprint density at radius 1 is 1.31 bits per heavy atom. The van der Waals surface area contributed by atoms with Gasteiger partial charge >= 0.3 is 0 Å². The number of rotatable bonds is 0. The summed E-state index contributed by atoms with van der Waals surface area (Å²) in [6, 6.07) is 1.67. The van der Waals surface area contributed by atoms with Crippen LogP contribution in [0.5, 0.6) is 0 Å². The normalized spacial score (nSPS) is 14.9. The standard InChI is InChI=1S/C13H13ClN2/c14-11-8-9-16-12(13(11)15)7-6-10-4-2-1-3-5-10/h4,8-9H,1-3,5,15H2. The second kappa shape index (κ2) is 5.05. The molecule has 1 aliphatic carbocycles. The first-order valence-corrected chi connectivity index (χ1v) is 5.76. The van der Waals surface area contributed by atoms with Gasteiger partial charge in [0.15, 0.2) is 0 Å². The number of pyridine rings is 1. The molecule has 0 saturated heterocycles. The predicted molar refractivity (Wildman–Crippen MR) is 67.1 cm³/mol. The lowest BCUT2D eigenvalue weighted by atomic mass is 10.00. The van der Waals surface area contributed by atoms with E-state index in [0.717, 1.165) is 12.8 Å². The minimum atomic E-state index is 0.466. The minimum absolute atomic E-state index is 0.466. The van der Waals surface area contributed by atoms with Gasteiger partial charge in [0.25, 0.3) is 0 Å². The molecular formula is C13H13ClN2. The minimum Gasteiger partial charge on any atom is -0.395 e. The zero-order chi connectivity index (χ0) is 11.4. The van der Waals surface area contributed by atoms with Crippen LogP contribution in [0.15, 0.2) is 23.9 Å². The third-order valence-corrected chi connectivity index (χ3v) is 2.90. The highest BCUT2D eigenvalue weighted by Crippen LogP contribution is 2.20. The number of nitrogens with two attached hydrogens (primary N) is 1. The summed E-state index contributed by atoms with van der Waals surface area (Å²) in [5.74, 6) is 6.10. The molecule has 82 valence electrons. The van der Waals surface area contributed by atoms with Crippen molar-refractivity contribution >= 4 is 17.3 Å². The zero-order valence-corrected chi connectivity index (χ0v) is 9.72. The summed E-state index contributed by atoms with van der Waals surface area (Å²) >= 11 is 5.89. The maximum Gasteiger partial charge on any atom is 0.137 e. The highest BCUT2D eigenvalue weighted by molar-refractivity contribution is 6.33. The Morgan fingerprint density at radius 2 is 2.19 bits per heavy atom. The molecule has 0 aromatic carbocycles. The summed E-state index contributed by atoms with van der Waals surface area (Å²) in [6.07, 6.45) is 8.49. The monoisotopic (exact) mass is 232 g/mol. The van der Waals surface area contributed by atoms with Crippen molar-refractivity contribution in [2.75, 3.05) is 5.73 Å². The fourth-order valence-electron chi connectivity index (χ4n) is 1.64. The van der Waals surface area contributed by atoms with Crippen LogP contribution in [-0.2, 0) is 0 Å². The van der Waals surface area contributed by atoms with Gasteiger partial charge in [0, 0.05) is 6.20 Å². The van der Waals surface area contributed by atoms with Crippen molar-refractivity contribution in [1.82, 2.24) is 4.98 Å². The van der Waals surface area contributed by atoms with Gasteiger partial charge < -0.3 is 5.73 Å². The van der Waals surface area contributed by atoms with Crippen molar-refractivity contribution in [3.8, 4) is 11.8 Å². The summed E-state index contributed by atoms with van der Waals surface area (Å²) in [6.45, 7) is 0. The molecule has 2 rings (SSSR count). The maximum absolute atomic E-state index is 5.89. The lowest BCUT2D eigenvalue weighted by Crippen LogP contribution is -1.95. The molecule has 0 radical (unpaired) electrons. The Bertz CT molecular complexity index is 480. The van der Waals surface area contributed by atoms with Crippen LogP contribution in [0.25, 0.3) is 0 Å². The van der Waals surface area contributed by atoms with Crippen LogP contribution >= 0.6 is 11.6 Å². The first-order valence-electron chi connectivity index (χ1n) is 5.38. The number of hydrogen-bond acceptors (Lipinski definition) is 2. The molecule has 0 bridgehead atoms. The van der Waals surface area contributed by atoms with E-state index in [0.29, 0.717) is 16.4 Å². The third-order valence-electron chi connectivity index (χ3n) is 2.57. The van der Waals surface area contributed by atoms with E-state index in [2.05, 4.69) is 22.9 Å². The van der Waals surface area contributed by atoms with Crippen molar-refractivity contribution in [1.29, 1.82) is 0 Å². The van der Waals surface area contributed by atoms with Gasteiger partial charge in [-0.2, -0.15) is 0 Å². The van der Waals surface area contributed by atoms with Crippen molar-refractivity contribution in [2.24, 2.45) is 0 Å². The fraction of sp³-hybridized carbons (Fsp3) is 0.308. The topological polar surface area (TPSA) is 38.9 Å². The van der Waals surface area contributed by atoms with Gasteiger partial charge in [-0.05, 0) is 43.2 Å². The Balaban J connectivity index is 2.23. The fourth-order valence-corrected chi connectivity index (χ4v) is 1.79. The van der Waals surface area contributed by atoms with Crippen LogP contribution in [-0.4, -0.2) is 4.98 Å². The highest BCUT2D eigenvalue weighted by Gasteiger charge is 2.02. The average molecular weight is 233 g/mol. The van der Waals surface area contributed by atoms with E-state index in [1.165, 1.54) is 18.4 Å². The molecule has 1 aromatic rings. The summed E-state index contributed by atoms with van der Waals surface area (Å²) in [4.78, 5) is 4.11. The van der Waals surface area contributed by atoms with Gasteiger partial charge in [0.1, 0.15) is 5.69 Å². The molecule has 2 nitrogen and oxygen atoms in total. The lowest BCUT2D eigenvalue weighted by molar-refractivity contribution is 0.715. The van der Waals surface area contributed by atoms with Crippen LogP contribution in [0.4, 0.5) is 5.69 Å². The van der Waals surface area contributed by atoms with E-state index < -0.39 is 0 Å². The Morgan fingerprint density at radius 3 is 2.94 bits per heavy atom. The molecule has 1 aromatic heterocycles. The number of aromatic nitrogens is 1. The van der Waals surface area contributed by atoms with Crippen molar-refractivity contribution in [3.63, 3.8) is 0 Å². The Hall–Kier alpha value is -1.46. The molecule has 1 aliphatic rings. The molecule has 1 heterocycles. The molecule has 0 saturated carbocycles. The first kappa shape index (κ1) is 11.0. The van der Waals surface area contributed by atoms with E-state index >= 15 is 0 Å². The number of allylic oxidation sites excluding steroid dienone is 2. The Kier molecular flexibility index (Phi) is 3.48. The SMILES string of the molecule is Nc1c(Cl)ccnc1C#CC1=CCCCC1. The van der Waals surface area contributed by atoms with Crippen LogP contribution in [0.3, 0.4) is 0 Å². The van der Waals surface area contributed by atoms with Gasteiger partial charge in [0.2, 0.25) is 0 Å². The van der Waals surface area contributed by atoms with Crippen molar-refractivity contribution in [2.45, 2.75) is 25.7 Å². The molecule has 0 unspecified atom stereocenters. The number of nitrogens with zero attached hydrogens (tertiary/aromatic N) is 1. The molecule has 0 aliphatic heterocycles. The average Bonchev–Trinajstić information content (AvgIpc) is 2.32. The quantitative estimate of drug-likeness (QED) is 0.698. The van der Waals surface area contributed by atoms with E-state index in [-0.39, 0.29) is 0 Å². The summed E-state index contributed by atoms with van der Waals surface area (Å²) < 4.78 is 0. The van der Waals surface area contributed by atoms with Crippen LogP contribution < -0.4 is 5.73 Å². The van der Waals surface area contributed by atoms with Gasteiger partial charge in [-0.1, -0.05) is 23.6 Å². The summed E-state index contributed by atoms with van der Waals surface area (Å²) in [5.41, 5.74) is 8.00. The predicted octanol–water partition coefficient (Wildman–Crippen LogP) is 3.17. The Labute approximate surface area is 101 Å². The first-order chi connectivity index (χ1) is 7.77. The van der Waals surface area contributed by atoms with E-state index in [1.54, 1.807) is 12.3 Å². The van der Waals surface area contributed by atoms with E-state index in [9.17, 15) is 0 Å². The molecule has 3 heteroatoms. The molecule has 16 heavy (non-hydrogen) atoms. The maximum atomic E-state index is 5.89. The van der Waals surface area contributed by atoms with Crippen LogP contribution in [0.2, 0.25) is 5.02 Å². The smallest absolute Gasteiger partial charge is 0.137 e. The highest BCUT2D eigenvalue weighted by atomic mass is 35.5. The second-order valence-electron chi connectivity index (χ2n) is 3.78. The van der Waals surface area contributed by atoms with Gasteiger partial charge in [-0.25, -0.2) is 4.98 Å². The largest absolute Gasteiger partial charge is 0.395 e. The molecular weight excluding hydrogens is 220 g/mol. The van der Waals surface area contributed by atoms with Gasteiger partial charge in [0.05, 0.1) is 10.7 Å². The molecule has 0 spiro atoms. The molecule has 0 amide bonds. The molecule has 2 N–H and O–H groups in total. The zero-order valence-electron chi connectivity index (χ0n) is 8.96. The summed E-state index contributed by atoms with van der Waals surface area (Å²) in [7, 11) is 0. The van der Waals surface area contributed by atoms with Crippen molar-refractivity contribution < 1.29 is 0 Å². The van der Waals surface area contributed by atoms with E-state index in [1.807, 2.05) is 0 Å². The number of hydrogen-bond donors (Lipinski definition) is 1. The van der Waals surface area contributed by atoms with Gasteiger partial charge in [-0.3, -0.25) is 0 Å². The van der Waals surface area contributed by atoms with Crippen molar-refractivity contribution in [3.05, 3.63) is 34.6 Å². The van der Waals surface area contributed by atoms with E-state index in [4.69, 9.17) is 17.3 Å². The second-order valence-corrected chi connectivity index (χ2v) is 4.19. The summed E-state index contributed by atoms with van der Waals surface area (Å²) in [5, 5.41) is 0.511. The van der Waals surface area contributed by atoms with Gasteiger partial charge in [-0.15, -0.1) is 0 Å².